The summed E-state index contributed by atoms with van der Waals surface area (Å²) in [7, 11) is 0. The number of thioether (sulfide) groups is 1. The number of alkyl halides is 3. The largest absolute Gasteiger partial charge is 0.434 e. The average Bonchev–Trinajstić information content (AvgIpc) is 2.73. The van der Waals surface area contributed by atoms with Crippen LogP contribution in [0.15, 0.2) is 34.4 Å². The van der Waals surface area contributed by atoms with Crippen molar-refractivity contribution in [2.75, 3.05) is 12.2 Å². The van der Waals surface area contributed by atoms with Crippen molar-refractivity contribution in [2.45, 2.75) is 18.6 Å². The molecule has 0 bridgehead atoms. The SMILES string of the molecule is CSCON1C(C(F)(F)F)=C(Br)C(C#N)C1(C)c1ccc(Cl)cc1. The van der Waals surface area contributed by atoms with Crippen LogP contribution in [0.25, 0.3) is 0 Å². The molecule has 1 aromatic carbocycles. The number of hydrogen-bond acceptors (Lipinski definition) is 4. The molecule has 1 aliphatic rings. The summed E-state index contributed by atoms with van der Waals surface area (Å²) < 4.78 is 40.5. The topological polar surface area (TPSA) is 36.3 Å². The fourth-order valence-corrected chi connectivity index (χ4v) is 3.91. The molecular formula is C15H13BrClF3N2OS. The van der Waals surface area contributed by atoms with Gasteiger partial charge in [-0.2, -0.15) is 18.4 Å². The van der Waals surface area contributed by atoms with Crippen molar-refractivity contribution in [1.29, 1.82) is 5.26 Å². The van der Waals surface area contributed by atoms with Crippen molar-refractivity contribution < 1.29 is 18.0 Å². The monoisotopic (exact) mass is 440 g/mol. The Labute approximate surface area is 155 Å². The van der Waals surface area contributed by atoms with Gasteiger partial charge in [0.2, 0.25) is 0 Å². The third-order valence-corrected chi connectivity index (χ3v) is 5.22. The summed E-state index contributed by atoms with van der Waals surface area (Å²) >= 11 is 10.1. The first-order valence-electron chi connectivity index (χ1n) is 6.72. The molecule has 2 rings (SSSR count). The lowest BCUT2D eigenvalue weighted by Gasteiger charge is -2.39. The Morgan fingerprint density at radius 2 is 2.00 bits per heavy atom. The number of hydrogen-bond donors (Lipinski definition) is 0. The first kappa shape index (κ1) is 19.4. The Morgan fingerprint density at radius 3 is 2.46 bits per heavy atom. The number of halogens is 5. The average molecular weight is 442 g/mol. The minimum absolute atomic E-state index is 0.0151. The van der Waals surface area contributed by atoms with E-state index in [1.54, 1.807) is 37.4 Å². The number of nitrogens with zero attached hydrogens (tertiary/aromatic N) is 2. The van der Waals surface area contributed by atoms with Gasteiger partial charge in [-0.1, -0.05) is 39.7 Å². The molecule has 0 spiro atoms. The van der Waals surface area contributed by atoms with Crippen molar-refractivity contribution in [1.82, 2.24) is 5.06 Å². The molecule has 1 heterocycles. The molecule has 0 N–H and O–H groups in total. The van der Waals surface area contributed by atoms with Crippen molar-refractivity contribution in [3.05, 3.63) is 45.0 Å². The molecule has 0 aromatic heterocycles. The minimum atomic E-state index is -4.67. The van der Waals surface area contributed by atoms with Gasteiger partial charge < -0.3 is 0 Å². The molecule has 0 aliphatic carbocycles. The Morgan fingerprint density at radius 1 is 1.42 bits per heavy atom. The Balaban J connectivity index is 2.63. The van der Waals surface area contributed by atoms with Gasteiger partial charge in [-0.15, -0.1) is 11.8 Å². The summed E-state index contributed by atoms with van der Waals surface area (Å²) in [4.78, 5) is 5.40. The highest BCUT2D eigenvalue weighted by Gasteiger charge is 2.59. The van der Waals surface area contributed by atoms with E-state index in [0.717, 1.165) is 5.06 Å². The zero-order valence-corrected chi connectivity index (χ0v) is 15.9. The molecule has 0 saturated carbocycles. The predicted octanol–water partition coefficient (Wildman–Crippen LogP) is 5.43. The van der Waals surface area contributed by atoms with E-state index in [1.165, 1.54) is 11.8 Å². The zero-order valence-electron chi connectivity index (χ0n) is 12.7. The number of benzene rings is 1. The molecule has 9 heteroatoms. The van der Waals surface area contributed by atoms with Crippen LogP contribution in [0.1, 0.15) is 12.5 Å². The number of nitriles is 1. The fourth-order valence-electron chi connectivity index (χ4n) is 2.64. The van der Waals surface area contributed by atoms with Crippen LogP contribution in [0.5, 0.6) is 0 Å². The summed E-state index contributed by atoms with van der Waals surface area (Å²) in [5.74, 6) is -1.07. The molecule has 2 unspecified atom stereocenters. The molecule has 3 nitrogen and oxygen atoms in total. The van der Waals surface area contributed by atoms with E-state index in [1.807, 2.05) is 6.07 Å². The summed E-state index contributed by atoms with van der Waals surface area (Å²) in [5, 5.41) is 10.8. The molecule has 0 saturated heterocycles. The van der Waals surface area contributed by atoms with Crippen LogP contribution >= 0.6 is 39.3 Å². The highest BCUT2D eigenvalue weighted by atomic mass is 79.9. The molecule has 2 atom stereocenters. The fraction of sp³-hybridized carbons (Fsp3) is 0.400. The summed E-state index contributed by atoms with van der Waals surface area (Å²) in [6, 6.07) is 8.30. The van der Waals surface area contributed by atoms with Gasteiger partial charge in [0, 0.05) is 9.51 Å². The van der Waals surface area contributed by atoms with Crippen LogP contribution in [0.3, 0.4) is 0 Å². The van der Waals surface area contributed by atoms with E-state index in [4.69, 9.17) is 16.4 Å². The molecule has 0 radical (unpaired) electrons. The Kier molecular flexibility index (Phi) is 5.80. The Hall–Kier alpha value is -0.880. The molecule has 0 fully saturated rings. The number of rotatable bonds is 4. The highest BCUT2D eigenvalue weighted by molar-refractivity contribution is 9.11. The second kappa shape index (κ2) is 7.16. The lowest BCUT2D eigenvalue weighted by atomic mass is 9.82. The summed E-state index contributed by atoms with van der Waals surface area (Å²) in [6.45, 7) is 1.55. The van der Waals surface area contributed by atoms with Gasteiger partial charge in [0.1, 0.15) is 17.4 Å². The lowest BCUT2D eigenvalue weighted by Crippen LogP contribution is -2.45. The highest BCUT2D eigenvalue weighted by Crippen LogP contribution is 2.54. The van der Waals surface area contributed by atoms with Crippen LogP contribution in [0.2, 0.25) is 5.02 Å². The van der Waals surface area contributed by atoms with Crippen LogP contribution in [0.4, 0.5) is 13.2 Å². The normalized spacial score (nSPS) is 24.4. The summed E-state index contributed by atoms with van der Waals surface area (Å²) in [6.07, 6.45) is -2.96. The van der Waals surface area contributed by atoms with Gasteiger partial charge in [-0.3, -0.25) is 4.84 Å². The maximum atomic E-state index is 13.6. The third-order valence-electron chi connectivity index (χ3n) is 3.79. The van der Waals surface area contributed by atoms with E-state index < -0.39 is 23.3 Å². The van der Waals surface area contributed by atoms with Gasteiger partial charge in [0.25, 0.3) is 0 Å². The Bertz CT molecular complexity index is 689. The molecule has 130 valence electrons. The first-order valence-corrected chi connectivity index (χ1v) is 9.29. The standard InChI is InChI=1S/C15H13BrClF3N2OS/c1-14(9-3-5-10(17)6-4-9)11(7-21)12(16)13(15(18,19)20)22(14)23-8-24-2/h3-6,11H,8H2,1-2H3. The van der Waals surface area contributed by atoms with Gasteiger partial charge >= 0.3 is 6.18 Å². The van der Waals surface area contributed by atoms with E-state index >= 15 is 0 Å². The molecule has 0 amide bonds. The molecule has 1 aromatic rings. The van der Waals surface area contributed by atoms with E-state index in [9.17, 15) is 18.4 Å². The second-order valence-corrected chi connectivity index (χ2v) is 7.34. The maximum Gasteiger partial charge on any atom is 0.434 e. The van der Waals surface area contributed by atoms with E-state index in [2.05, 4.69) is 15.9 Å². The minimum Gasteiger partial charge on any atom is -0.262 e. The van der Waals surface area contributed by atoms with Crippen LogP contribution in [0, 0.1) is 17.2 Å². The zero-order chi connectivity index (χ0) is 18.1. The second-order valence-electron chi connectivity index (χ2n) is 5.24. The van der Waals surface area contributed by atoms with Gasteiger partial charge in [-0.05, 0) is 30.9 Å². The van der Waals surface area contributed by atoms with Crippen LogP contribution < -0.4 is 0 Å². The summed E-state index contributed by atoms with van der Waals surface area (Å²) in [5.41, 5.74) is -1.85. The van der Waals surface area contributed by atoms with E-state index in [-0.39, 0.29) is 10.4 Å². The first-order chi connectivity index (χ1) is 11.2. The van der Waals surface area contributed by atoms with Crippen LogP contribution in [-0.4, -0.2) is 23.4 Å². The maximum absolute atomic E-state index is 13.6. The molecular weight excluding hydrogens is 429 g/mol. The molecule has 1 aliphatic heterocycles. The van der Waals surface area contributed by atoms with Gasteiger partial charge in [0.05, 0.1) is 6.07 Å². The number of allylic oxidation sites excluding steroid dienone is 1. The van der Waals surface area contributed by atoms with Crippen LogP contribution in [-0.2, 0) is 10.4 Å². The predicted molar refractivity (Wildman–Crippen MR) is 91.2 cm³/mol. The smallest absolute Gasteiger partial charge is 0.262 e. The van der Waals surface area contributed by atoms with Gasteiger partial charge in [0.15, 0.2) is 5.70 Å². The van der Waals surface area contributed by atoms with Crippen molar-refractivity contribution in [3.8, 4) is 6.07 Å². The van der Waals surface area contributed by atoms with Gasteiger partial charge in [-0.25, -0.2) is 5.06 Å². The van der Waals surface area contributed by atoms with Crippen molar-refractivity contribution >= 4 is 39.3 Å². The quantitative estimate of drug-likeness (QED) is 0.584. The van der Waals surface area contributed by atoms with Crippen molar-refractivity contribution in [2.24, 2.45) is 5.92 Å². The van der Waals surface area contributed by atoms with Crippen molar-refractivity contribution in [3.63, 3.8) is 0 Å². The number of hydroxylamine groups is 2. The lowest BCUT2D eigenvalue weighted by molar-refractivity contribution is -0.222. The molecule has 24 heavy (non-hydrogen) atoms. The third kappa shape index (κ3) is 3.27. The van der Waals surface area contributed by atoms with E-state index in [0.29, 0.717) is 10.6 Å².